The van der Waals surface area contributed by atoms with Crippen LogP contribution in [0.15, 0.2) is 264 Å². The van der Waals surface area contributed by atoms with Crippen LogP contribution < -0.4 is 56.9 Å². The first-order valence-corrected chi connectivity index (χ1v) is 30.7. The second-order valence-corrected chi connectivity index (χ2v) is 23.0. The highest BCUT2D eigenvalue weighted by molar-refractivity contribution is 6.32. The second kappa shape index (κ2) is 33.4. The Balaban J connectivity index is 0.000000154. The van der Waals surface area contributed by atoms with Gasteiger partial charge >= 0.3 is 56.9 Å². The number of hydrogen-bond acceptors (Lipinski definition) is 15. The van der Waals surface area contributed by atoms with Crippen molar-refractivity contribution in [3.8, 4) is 0 Å². The molecule has 0 bridgehead atoms. The summed E-state index contributed by atoms with van der Waals surface area (Å²) in [5, 5.41) is 3.36. The molecule has 9 aromatic carbocycles. The first-order chi connectivity index (χ1) is 46.8. The molecule has 0 unspecified atom stereocenters. The van der Waals surface area contributed by atoms with Gasteiger partial charge in [0, 0.05) is 38.0 Å². The van der Waals surface area contributed by atoms with Gasteiger partial charge in [0.1, 0.15) is 17.5 Å². The fourth-order valence-corrected chi connectivity index (χ4v) is 10.3. The van der Waals surface area contributed by atoms with E-state index in [1.54, 1.807) is 97.1 Å². The third-order valence-corrected chi connectivity index (χ3v) is 15.5. The zero-order valence-corrected chi connectivity index (χ0v) is 54.7. The van der Waals surface area contributed by atoms with E-state index in [0.29, 0.717) is 87.0 Å². The fourth-order valence-electron chi connectivity index (χ4n) is 9.25. The minimum atomic E-state index is -0.765. The van der Waals surface area contributed by atoms with Gasteiger partial charge in [0.25, 0.3) is 0 Å². The first-order valence-electron chi connectivity index (χ1n) is 28.3. The number of halogens is 9. The Morgan fingerprint density at radius 3 is 1.00 bits per heavy atom. The lowest BCUT2D eigenvalue weighted by atomic mass is 10.2. The second-order valence-electron chi connectivity index (χ2n) is 20.6. The van der Waals surface area contributed by atoms with Crippen LogP contribution in [0.5, 0.6) is 0 Å². The molecule has 29 heteroatoms. The fraction of sp³-hybridized carbons (Fsp3) is 0.0857. The Morgan fingerprint density at radius 1 is 0.343 bits per heavy atom. The molecule has 99 heavy (non-hydrogen) atoms. The Kier molecular flexibility index (Phi) is 25.0. The number of alkyl halides is 1. The maximum Gasteiger partial charge on any atom is 0.422 e. The molecule has 0 aliphatic heterocycles. The van der Waals surface area contributed by atoms with E-state index in [9.17, 15) is 61.1 Å². The van der Waals surface area contributed by atoms with Gasteiger partial charge in [-0.3, -0.25) is 23.3 Å². The summed E-state index contributed by atoms with van der Waals surface area (Å²) in [7, 11) is 1.53. The normalized spacial score (nSPS) is 10.6. The Morgan fingerprint density at radius 2 is 0.636 bits per heavy atom. The molecule has 5 aromatic heterocycles. The number of nitrogens with zero attached hydrogens (tertiary/aromatic N) is 4. The van der Waals surface area contributed by atoms with Gasteiger partial charge in [-0.2, -0.15) is 0 Å². The minimum Gasteiger partial charge on any atom is -0.372 e. The molecule has 0 spiro atoms. The van der Waals surface area contributed by atoms with Crippen LogP contribution in [0.25, 0.3) is 54.5 Å². The molecule has 0 radical (unpaired) electrons. The van der Waals surface area contributed by atoms with E-state index in [4.69, 9.17) is 82.9 Å². The van der Waals surface area contributed by atoms with E-state index >= 15 is 0 Å². The van der Waals surface area contributed by atoms with Gasteiger partial charge < -0.3 is 22.1 Å². The summed E-state index contributed by atoms with van der Waals surface area (Å²) >= 11 is 34.4. The molecule has 0 atom stereocenters. The molecule has 0 aliphatic carbocycles. The van der Waals surface area contributed by atoms with Crippen molar-refractivity contribution in [1.82, 2.24) is 23.3 Å². The standard InChI is InChI=1S/2C15H9ClFNO3.C15H10ClNO3.C9H6ClNO3.C8H4ClNO3.C7H6ClF.CH4/c2*16-10-3-6-13-12(7-10)14(19)21-15(20)18(13)8-9-1-4-11(17)5-2-9;16-11-6-7-13-12(8-11)14(18)20-15(19)17(13)9-10-4-2-1-3-5-10;1-11-7-3-2-5(10)4-6(7)8(12)14-9(11)13;9-4-1-2-6-5(3-4)7(11)13-8(12)10-6;8-5-6-1-3-7(9)4-2-6;/h2*1-7H,8H2;1-8H,9H2;2-4H,1H3;1-3H,(H,10,12);1-4H,5H2;1H4. The molecule has 5 heterocycles. The number of benzene rings is 9. The molecule has 1 N–H and O–H groups in total. The summed E-state index contributed by atoms with van der Waals surface area (Å²) in [5.41, 5.74) is 2.13. The smallest absolute Gasteiger partial charge is 0.372 e. The van der Waals surface area contributed by atoms with Crippen molar-refractivity contribution in [3.05, 3.63) is 364 Å². The lowest BCUT2D eigenvalue weighted by molar-refractivity contribution is 0.424. The highest BCUT2D eigenvalue weighted by Gasteiger charge is 2.15. The number of aryl methyl sites for hydroxylation is 1. The van der Waals surface area contributed by atoms with Gasteiger partial charge in [-0.15, -0.1) is 11.6 Å². The van der Waals surface area contributed by atoms with Crippen molar-refractivity contribution in [1.29, 1.82) is 0 Å². The summed E-state index contributed by atoms with van der Waals surface area (Å²) in [6, 6.07) is 50.4. The van der Waals surface area contributed by atoms with E-state index in [1.165, 1.54) is 92.0 Å². The van der Waals surface area contributed by atoms with Crippen molar-refractivity contribution in [2.75, 3.05) is 0 Å². The molecule has 14 rings (SSSR count). The van der Waals surface area contributed by atoms with Gasteiger partial charge in [-0.1, -0.05) is 132 Å². The van der Waals surface area contributed by atoms with Crippen LogP contribution in [0.1, 0.15) is 29.7 Å². The van der Waals surface area contributed by atoms with Crippen LogP contribution in [0.2, 0.25) is 25.1 Å². The average molecular weight is 1470 g/mol. The summed E-state index contributed by atoms with van der Waals surface area (Å²) < 4.78 is 66.2. The van der Waals surface area contributed by atoms with Crippen LogP contribution in [-0.2, 0) is 32.6 Å². The molecule has 0 fully saturated rings. The van der Waals surface area contributed by atoms with Gasteiger partial charge in [0.15, 0.2) is 0 Å². The van der Waals surface area contributed by atoms with Crippen LogP contribution in [0, 0.1) is 17.5 Å². The minimum absolute atomic E-state index is 0. The Labute approximate surface area is 582 Å². The number of hydrogen-bond donors (Lipinski definition) is 1. The lowest BCUT2D eigenvalue weighted by Crippen LogP contribution is -2.25. The Bertz CT molecular complexity index is 5760. The maximum atomic E-state index is 12.9. The SMILES string of the molecule is C.Cn1c(=O)oc(=O)c2cc(Cl)ccc21.Fc1ccc(CCl)cc1.O=c1[nH]c2ccc(Cl)cc2c(=O)o1.O=c1oc(=O)n(Cc2ccc(F)cc2)c2ccc(Cl)cc12.O=c1oc(=O)n(Cc2ccc(F)cc2)c2ccc(Cl)cc12.O=c1oc(=O)n(Cc2ccccc2)c2ccc(Cl)cc12. The monoisotopic (exact) mass is 1470 g/mol. The molecule has 0 amide bonds. The topological polar surface area (TPSA) is 272 Å². The molecule has 0 saturated heterocycles. The quantitative estimate of drug-likeness (QED) is 0.145. The number of rotatable bonds is 7. The third kappa shape index (κ3) is 19.1. The molecular weight excluding hydrogens is 1420 g/mol. The van der Waals surface area contributed by atoms with Crippen molar-refractivity contribution >= 4 is 124 Å². The molecule has 20 nitrogen and oxygen atoms in total. The zero-order chi connectivity index (χ0) is 70.5. The highest BCUT2D eigenvalue weighted by atomic mass is 35.5. The summed E-state index contributed by atoms with van der Waals surface area (Å²) in [6.07, 6.45) is 0. The number of aromatic amines is 1. The molecule has 0 aliphatic rings. The predicted molar refractivity (Wildman–Crippen MR) is 375 cm³/mol. The summed E-state index contributed by atoms with van der Waals surface area (Å²) in [4.78, 5) is 117. The molecule has 14 aromatic rings. The summed E-state index contributed by atoms with van der Waals surface area (Å²) in [5.74, 6) is -4.13. The van der Waals surface area contributed by atoms with Crippen LogP contribution in [0.3, 0.4) is 0 Å². The number of nitrogens with one attached hydrogen (secondary N) is 1. The van der Waals surface area contributed by atoms with Crippen molar-refractivity contribution in [2.24, 2.45) is 7.05 Å². The average Bonchev–Trinajstić information content (AvgIpc) is 0.806. The van der Waals surface area contributed by atoms with Gasteiger partial charge in [0.05, 0.1) is 74.1 Å². The van der Waals surface area contributed by atoms with E-state index in [1.807, 2.05) is 30.3 Å². The Hall–Kier alpha value is -10.8. The predicted octanol–water partition coefficient (Wildman–Crippen LogP) is 13.7. The van der Waals surface area contributed by atoms with Crippen molar-refractivity contribution in [3.63, 3.8) is 0 Å². The largest absolute Gasteiger partial charge is 0.422 e. The molecule has 506 valence electrons. The van der Waals surface area contributed by atoms with Crippen molar-refractivity contribution < 1.29 is 35.3 Å². The number of H-pyrrole nitrogens is 1. The number of fused-ring (bicyclic) bond motifs is 5. The lowest BCUT2D eigenvalue weighted by Gasteiger charge is -2.08. The zero-order valence-electron chi connectivity index (χ0n) is 50.1. The van der Waals surface area contributed by atoms with E-state index < -0.39 is 56.9 Å². The highest BCUT2D eigenvalue weighted by Crippen LogP contribution is 2.21. The van der Waals surface area contributed by atoms with Gasteiger partial charge in [-0.05, 0) is 150 Å². The number of aromatic nitrogens is 5. The van der Waals surface area contributed by atoms with Crippen molar-refractivity contribution in [2.45, 2.75) is 32.9 Å². The van der Waals surface area contributed by atoms with Crippen LogP contribution in [-0.4, -0.2) is 23.3 Å². The first kappa shape index (κ1) is 74.0. The summed E-state index contributed by atoms with van der Waals surface area (Å²) in [6.45, 7) is 0.670. The van der Waals surface area contributed by atoms with E-state index in [0.717, 1.165) is 11.1 Å². The van der Waals surface area contributed by atoms with Crippen LogP contribution >= 0.6 is 69.6 Å². The molecular formula is C70H48Cl6F3N5O15. The van der Waals surface area contributed by atoms with Gasteiger partial charge in [0.2, 0.25) is 0 Å². The van der Waals surface area contributed by atoms with Gasteiger partial charge in [-0.25, -0.2) is 61.1 Å². The molecule has 0 saturated carbocycles. The van der Waals surface area contributed by atoms with Crippen LogP contribution in [0.4, 0.5) is 13.2 Å². The van der Waals surface area contributed by atoms with E-state index in [-0.39, 0.29) is 54.1 Å². The maximum absolute atomic E-state index is 12.9. The van der Waals surface area contributed by atoms with E-state index in [2.05, 4.69) is 13.8 Å². The third-order valence-electron chi connectivity index (χ3n) is 14.0.